The van der Waals surface area contributed by atoms with Gasteiger partial charge in [0.05, 0.1) is 0 Å². The molecule has 0 aliphatic heterocycles. The second-order valence-corrected chi connectivity index (χ2v) is 4.53. The predicted molar refractivity (Wildman–Crippen MR) is 78.2 cm³/mol. The van der Waals surface area contributed by atoms with Crippen molar-refractivity contribution in [2.24, 2.45) is 0 Å². The Morgan fingerprint density at radius 3 is 2.17 bits per heavy atom. The number of hydrogen-bond donors (Lipinski definition) is 0. The van der Waals surface area contributed by atoms with Crippen LogP contribution in [0.1, 0.15) is 32.6 Å². The largest absolute Gasteiger partial charge is 0.289 e. The lowest BCUT2D eigenvalue weighted by Gasteiger charge is -2.14. The van der Waals surface area contributed by atoms with E-state index in [1.807, 2.05) is 20.8 Å². The fourth-order valence-corrected chi connectivity index (χ4v) is 2.14. The van der Waals surface area contributed by atoms with E-state index in [1.54, 1.807) is 18.2 Å². The third-order valence-corrected chi connectivity index (χ3v) is 3.36. The maximum atomic E-state index is 12.5. The van der Waals surface area contributed by atoms with Gasteiger partial charge >= 0.3 is 0 Å². The van der Waals surface area contributed by atoms with Crippen LogP contribution in [0, 0.1) is 27.7 Å². The first kappa shape index (κ1) is 14.2. The zero-order chi connectivity index (χ0) is 13.9. The highest BCUT2D eigenvalue weighted by atomic mass is 16.1. The summed E-state index contributed by atoms with van der Waals surface area (Å²) in [5.74, 6) is 0.0167. The third kappa shape index (κ3) is 2.51. The molecule has 0 bridgehead atoms. The number of rotatable bonds is 4. The number of carbonyl (C=O) groups excluding carboxylic acids is 1. The van der Waals surface area contributed by atoms with Crippen molar-refractivity contribution in [1.82, 2.24) is 0 Å². The Morgan fingerprint density at radius 2 is 1.67 bits per heavy atom. The van der Waals surface area contributed by atoms with Gasteiger partial charge in [-0.25, -0.2) is 0 Å². The number of ketones is 1. The lowest BCUT2D eigenvalue weighted by molar-refractivity contribution is 0.103. The summed E-state index contributed by atoms with van der Waals surface area (Å²) in [5.41, 5.74) is 5.82. The van der Waals surface area contributed by atoms with Crippen LogP contribution in [0.2, 0.25) is 0 Å². The Bertz CT molecular complexity index is 545. The second kappa shape index (κ2) is 5.63. The molecule has 0 spiro atoms. The van der Waals surface area contributed by atoms with E-state index in [-0.39, 0.29) is 5.78 Å². The minimum absolute atomic E-state index is 0.0167. The molecule has 0 aliphatic carbocycles. The molecule has 0 saturated carbocycles. The maximum Gasteiger partial charge on any atom is 0.193 e. The van der Waals surface area contributed by atoms with E-state index in [0.29, 0.717) is 5.57 Å². The Kier molecular flexibility index (Phi) is 4.43. The first-order chi connectivity index (χ1) is 8.43. The van der Waals surface area contributed by atoms with Crippen LogP contribution in [0.25, 0.3) is 0 Å². The quantitative estimate of drug-likeness (QED) is 0.433. The second-order valence-electron chi connectivity index (χ2n) is 4.53. The number of hydrogen-bond acceptors (Lipinski definition) is 1. The molecular weight excluding hydrogens is 220 g/mol. The smallest absolute Gasteiger partial charge is 0.193 e. The van der Waals surface area contributed by atoms with Crippen LogP contribution in [0.15, 0.2) is 43.0 Å². The van der Waals surface area contributed by atoms with Crippen LogP contribution in [-0.2, 0) is 0 Å². The summed E-state index contributed by atoms with van der Waals surface area (Å²) in [6, 6.07) is 2.06. The van der Waals surface area contributed by atoms with Gasteiger partial charge in [-0.15, -0.1) is 0 Å². The first-order valence-electron chi connectivity index (χ1n) is 6.01. The molecule has 0 N–H and O–H groups in total. The van der Waals surface area contributed by atoms with Crippen molar-refractivity contribution in [1.29, 1.82) is 0 Å². The van der Waals surface area contributed by atoms with E-state index in [4.69, 9.17) is 0 Å². The van der Waals surface area contributed by atoms with Crippen LogP contribution in [0.3, 0.4) is 0 Å². The molecule has 0 aromatic heterocycles. The van der Waals surface area contributed by atoms with Crippen molar-refractivity contribution >= 4 is 5.78 Å². The van der Waals surface area contributed by atoms with E-state index in [2.05, 4.69) is 26.1 Å². The zero-order valence-corrected chi connectivity index (χ0v) is 11.6. The molecule has 0 aliphatic rings. The summed E-state index contributed by atoms with van der Waals surface area (Å²) >= 11 is 0. The van der Waals surface area contributed by atoms with Crippen molar-refractivity contribution in [3.05, 3.63) is 70.8 Å². The number of benzene rings is 1. The van der Waals surface area contributed by atoms with Gasteiger partial charge in [0.15, 0.2) is 5.78 Å². The summed E-state index contributed by atoms with van der Waals surface area (Å²) < 4.78 is 0. The fraction of sp³-hybridized carbons (Fsp3) is 0.235. The molecule has 94 valence electrons. The fourth-order valence-electron chi connectivity index (χ4n) is 2.14. The van der Waals surface area contributed by atoms with Crippen molar-refractivity contribution in [3.63, 3.8) is 0 Å². The van der Waals surface area contributed by atoms with Gasteiger partial charge in [-0.2, -0.15) is 0 Å². The van der Waals surface area contributed by atoms with Gasteiger partial charge < -0.3 is 0 Å². The van der Waals surface area contributed by atoms with E-state index in [0.717, 1.165) is 16.7 Å². The molecule has 0 amide bonds. The lowest BCUT2D eigenvalue weighted by atomic mass is 9.89. The Balaban J connectivity index is 3.47. The van der Waals surface area contributed by atoms with Crippen LogP contribution < -0.4 is 0 Å². The Morgan fingerprint density at radius 1 is 1.06 bits per heavy atom. The number of aryl methyl sites for hydroxylation is 2. The molecule has 1 heteroatoms. The predicted octanol–water partition coefficient (Wildman–Crippen LogP) is 4.40. The molecule has 0 unspecified atom stereocenters. The molecule has 0 atom stereocenters. The molecule has 0 saturated heterocycles. The number of allylic oxidation sites excluding steroid dienone is 4. The van der Waals surface area contributed by atoms with Crippen molar-refractivity contribution < 1.29 is 4.79 Å². The van der Waals surface area contributed by atoms with Gasteiger partial charge in [0, 0.05) is 11.1 Å². The van der Waals surface area contributed by atoms with Crippen molar-refractivity contribution in [2.45, 2.75) is 27.7 Å². The van der Waals surface area contributed by atoms with E-state index in [1.165, 1.54) is 11.1 Å². The van der Waals surface area contributed by atoms with Crippen molar-refractivity contribution in [2.75, 3.05) is 0 Å². The summed E-state index contributed by atoms with van der Waals surface area (Å²) in [5, 5.41) is 0. The molecule has 1 nitrogen and oxygen atoms in total. The van der Waals surface area contributed by atoms with Gasteiger partial charge in [0.2, 0.25) is 0 Å². The molecule has 1 aromatic carbocycles. The van der Waals surface area contributed by atoms with Gasteiger partial charge in [-0.3, -0.25) is 4.79 Å². The molecule has 0 heterocycles. The minimum atomic E-state index is 0.0167. The van der Waals surface area contributed by atoms with Gasteiger partial charge in [0.1, 0.15) is 0 Å². The lowest BCUT2D eigenvalue weighted by Crippen LogP contribution is -2.08. The SMILES string of the molecule is C=C/C=C(\C=C)C(=O)c1c(C)cc(C)c(C)c1C. The first-order valence-corrected chi connectivity index (χ1v) is 6.01. The molecule has 0 radical (unpaired) electrons. The zero-order valence-electron chi connectivity index (χ0n) is 11.6. The van der Waals surface area contributed by atoms with Crippen LogP contribution in [-0.4, -0.2) is 5.78 Å². The Hall–Kier alpha value is -1.89. The summed E-state index contributed by atoms with van der Waals surface area (Å²) in [6.07, 6.45) is 4.89. The van der Waals surface area contributed by atoms with Crippen LogP contribution in [0.5, 0.6) is 0 Å². The average molecular weight is 240 g/mol. The third-order valence-electron chi connectivity index (χ3n) is 3.36. The normalized spacial score (nSPS) is 11.2. The highest BCUT2D eigenvalue weighted by Gasteiger charge is 2.16. The number of Topliss-reactive ketones (excluding diaryl/α,β-unsaturated/α-hetero) is 1. The van der Waals surface area contributed by atoms with Gasteiger partial charge in [0.25, 0.3) is 0 Å². The summed E-state index contributed by atoms with van der Waals surface area (Å²) in [4.78, 5) is 12.5. The average Bonchev–Trinajstić information content (AvgIpc) is 2.33. The summed E-state index contributed by atoms with van der Waals surface area (Å²) in [6.45, 7) is 15.4. The van der Waals surface area contributed by atoms with Crippen LogP contribution in [0.4, 0.5) is 0 Å². The molecule has 18 heavy (non-hydrogen) atoms. The van der Waals surface area contributed by atoms with E-state index >= 15 is 0 Å². The van der Waals surface area contributed by atoms with Crippen molar-refractivity contribution in [3.8, 4) is 0 Å². The van der Waals surface area contributed by atoms with E-state index in [9.17, 15) is 4.79 Å². The van der Waals surface area contributed by atoms with E-state index < -0.39 is 0 Å². The van der Waals surface area contributed by atoms with Gasteiger partial charge in [-0.05, 0) is 49.9 Å². The number of carbonyl (C=O) groups is 1. The molecule has 1 aromatic rings. The standard InChI is InChI=1S/C17H20O/c1-7-9-15(8-2)17(18)16-12(4)10-11(3)13(5)14(16)6/h7-10H,1-2H2,3-6H3/b15-9+. The highest BCUT2D eigenvalue weighted by molar-refractivity contribution is 6.12. The molecular formula is C17H20O. The topological polar surface area (TPSA) is 17.1 Å². The summed E-state index contributed by atoms with van der Waals surface area (Å²) in [7, 11) is 0. The highest BCUT2D eigenvalue weighted by Crippen LogP contribution is 2.24. The molecule has 1 rings (SSSR count). The molecule has 0 fully saturated rings. The van der Waals surface area contributed by atoms with Crippen LogP contribution >= 0.6 is 0 Å². The maximum absolute atomic E-state index is 12.5. The monoisotopic (exact) mass is 240 g/mol. The Labute approximate surface area is 110 Å². The minimum Gasteiger partial charge on any atom is -0.289 e. The van der Waals surface area contributed by atoms with Gasteiger partial charge in [-0.1, -0.05) is 37.5 Å².